The van der Waals surface area contributed by atoms with Crippen LogP contribution in [0.2, 0.25) is 10.0 Å². The molecule has 124 valence electrons. The number of benzene rings is 1. The number of hydrogen-bond donors (Lipinski definition) is 3. The number of aliphatic hydroxyl groups is 1. The average molecular weight is 370 g/mol. The smallest absolute Gasteiger partial charge is 0.240 e. The van der Waals surface area contributed by atoms with Crippen LogP contribution >= 0.6 is 35.6 Å². The summed E-state index contributed by atoms with van der Waals surface area (Å²) >= 11 is 12.0. The fourth-order valence-electron chi connectivity index (χ4n) is 2.26. The number of nitrogens with one attached hydrogen (secondary N) is 1. The number of carbonyl (C=O) groups is 1. The first-order valence-electron chi connectivity index (χ1n) is 6.71. The summed E-state index contributed by atoms with van der Waals surface area (Å²) in [5, 5.41) is 13.5. The Balaban J connectivity index is 0.00000242. The molecule has 1 aromatic rings. The number of hydrogen-bond acceptors (Lipinski definition) is 4. The summed E-state index contributed by atoms with van der Waals surface area (Å²) in [5.74, 6) is -0.298. The van der Waals surface area contributed by atoms with Gasteiger partial charge in [-0.3, -0.25) is 4.79 Å². The first kappa shape index (κ1) is 19.5. The fourth-order valence-corrected chi connectivity index (χ4v) is 2.91. The van der Waals surface area contributed by atoms with Gasteiger partial charge in [-0.25, -0.2) is 0 Å². The third-order valence-electron chi connectivity index (χ3n) is 3.63. The number of amides is 1. The number of rotatable bonds is 4. The molecule has 1 atom stereocenters. The van der Waals surface area contributed by atoms with E-state index in [0.29, 0.717) is 41.7 Å². The molecule has 2 rings (SSSR count). The minimum atomic E-state index is -0.987. The van der Waals surface area contributed by atoms with E-state index in [9.17, 15) is 9.90 Å². The number of carbonyl (C=O) groups excluding carboxylic acids is 1. The maximum Gasteiger partial charge on any atom is 0.240 e. The highest BCUT2D eigenvalue weighted by atomic mass is 35.5. The van der Waals surface area contributed by atoms with E-state index < -0.39 is 11.6 Å². The van der Waals surface area contributed by atoms with Crippen LogP contribution in [0.3, 0.4) is 0 Å². The minimum absolute atomic E-state index is 0. The summed E-state index contributed by atoms with van der Waals surface area (Å²) in [5.41, 5.74) is 5.52. The van der Waals surface area contributed by atoms with Crippen molar-refractivity contribution in [2.45, 2.75) is 24.5 Å². The summed E-state index contributed by atoms with van der Waals surface area (Å²) in [7, 11) is 0. The lowest BCUT2D eigenvalue weighted by Crippen LogP contribution is -2.57. The van der Waals surface area contributed by atoms with Crippen LogP contribution in [0.15, 0.2) is 18.2 Å². The number of nitrogens with two attached hydrogens (primary N) is 1. The maximum absolute atomic E-state index is 12.2. The molecular weight excluding hydrogens is 351 g/mol. The summed E-state index contributed by atoms with van der Waals surface area (Å²) < 4.78 is 5.20. The van der Waals surface area contributed by atoms with Gasteiger partial charge in [-0.2, -0.15) is 0 Å². The quantitative estimate of drug-likeness (QED) is 0.758. The summed E-state index contributed by atoms with van der Waals surface area (Å²) in [6.07, 6.45) is -0.0672. The summed E-state index contributed by atoms with van der Waals surface area (Å²) in [4.78, 5) is 12.2. The van der Waals surface area contributed by atoms with Crippen molar-refractivity contribution in [1.82, 2.24) is 5.32 Å². The van der Waals surface area contributed by atoms with Crippen molar-refractivity contribution in [3.63, 3.8) is 0 Å². The van der Waals surface area contributed by atoms with Gasteiger partial charge >= 0.3 is 0 Å². The Hall–Kier alpha value is -0.560. The van der Waals surface area contributed by atoms with Gasteiger partial charge in [-0.15, -0.1) is 12.4 Å². The zero-order chi connectivity index (χ0) is 15.5. The van der Waals surface area contributed by atoms with Crippen molar-refractivity contribution in [2.24, 2.45) is 5.73 Å². The molecule has 8 heteroatoms. The molecule has 1 heterocycles. The average Bonchev–Trinajstić information content (AvgIpc) is 2.45. The second-order valence-electron chi connectivity index (χ2n) is 5.13. The summed E-state index contributed by atoms with van der Waals surface area (Å²) in [6, 6.07) is 4.96. The Kier molecular flexibility index (Phi) is 7.38. The Morgan fingerprint density at radius 3 is 2.45 bits per heavy atom. The molecule has 1 fully saturated rings. The van der Waals surface area contributed by atoms with Crippen LogP contribution in [0, 0.1) is 0 Å². The summed E-state index contributed by atoms with van der Waals surface area (Å²) in [6.45, 7) is 0.924. The van der Waals surface area contributed by atoms with Crippen molar-refractivity contribution < 1.29 is 14.6 Å². The molecule has 4 N–H and O–H groups in total. The molecule has 1 amide bonds. The fraction of sp³-hybridized carbons (Fsp3) is 0.500. The van der Waals surface area contributed by atoms with Gasteiger partial charge in [0, 0.05) is 35.4 Å². The highest BCUT2D eigenvalue weighted by Crippen LogP contribution is 2.30. The first-order chi connectivity index (χ1) is 9.94. The van der Waals surface area contributed by atoms with Gasteiger partial charge in [-0.1, -0.05) is 29.3 Å². The lowest BCUT2D eigenvalue weighted by molar-refractivity contribution is -0.130. The molecule has 0 bridgehead atoms. The largest absolute Gasteiger partial charge is 0.386 e. The molecule has 22 heavy (non-hydrogen) atoms. The van der Waals surface area contributed by atoms with E-state index in [1.54, 1.807) is 18.2 Å². The van der Waals surface area contributed by atoms with Crippen LogP contribution in [0.5, 0.6) is 0 Å². The number of aliphatic hydroxyl groups excluding tert-OH is 1. The Morgan fingerprint density at radius 1 is 1.36 bits per heavy atom. The van der Waals surface area contributed by atoms with E-state index in [4.69, 9.17) is 33.7 Å². The van der Waals surface area contributed by atoms with Gasteiger partial charge < -0.3 is 20.9 Å². The lowest BCUT2D eigenvalue weighted by Gasteiger charge is -2.32. The second kappa shape index (κ2) is 8.34. The van der Waals surface area contributed by atoms with E-state index in [1.165, 1.54) is 0 Å². The SMILES string of the molecule is Cl.NC1(C(=O)NCC(O)c2c(Cl)cccc2Cl)CCOCC1. The van der Waals surface area contributed by atoms with E-state index in [0.717, 1.165) is 0 Å². The van der Waals surface area contributed by atoms with Crippen molar-refractivity contribution >= 4 is 41.5 Å². The molecule has 1 aliphatic rings. The Morgan fingerprint density at radius 2 is 1.91 bits per heavy atom. The normalized spacial score (nSPS) is 18.2. The van der Waals surface area contributed by atoms with Crippen molar-refractivity contribution in [3.05, 3.63) is 33.8 Å². The van der Waals surface area contributed by atoms with Gasteiger partial charge in [0.05, 0.1) is 11.6 Å². The van der Waals surface area contributed by atoms with Crippen molar-refractivity contribution in [1.29, 1.82) is 0 Å². The van der Waals surface area contributed by atoms with Crippen LogP contribution in [0.1, 0.15) is 24.5 Å². The van der Waals surface area contributed by atoms with Crippen LogP contribution in [0.25, 0.3) is 0 Å². The molecule has 5 nitrogen and oxygen atoms in total. The van der Waals surface area contributed by atoms with Crippen LogP contribution < -0.4 is 11.1 Å². The van der Waals surface area contributed by atoms with E-state index >= 15 is 0 Å². The molecule has 1 unspecified atom stereocenters. The molecule has 1 aromatic carbocycles. The number of halogens is 3. The van der Waals surface area contributed by atoms with Gasteiger partial charge in [-0.05, 0) is 25.0 Å². The van der Waals surface area contributed by atoms with Crippen LogP contribution in [0.4, 0.5) is 0 Å². The van der Waals surface area contributed by atoms with Gasteiger partial charge in [0.1, 0.15) is 0 Å². The topological polar surface area (TPSA) is 84.6 Å². The highest BCUT2D eigenvalue weighted by Gasteiger charge is 2.36. The molecule has 0 aliphatic carbocycles. The Bertz CT molecular complexity index is 502. The van der Waals surface area contributed by atoms with E-state index in [-0.39, 0.29) is 24.9 Å². The molecule has 1 saturated heterocycles. The molecule has 0 radical (unpaired) electrons. The maximum atomic E-state index is 12.2. The first-order valence-corrected chi connectivity index (χ1v) is 7.46. The Labute approximate surface area is 145 Å². The highest BCUT2D eigenvalue weighted by molar-refractivity contribution is 6.36. The van der Waals surface area contributed by atoms with Gasteiger partial charge in [0.15, 0.2) is 0 Å². The van der Waals surface area contributed by atoms with Crippen LogP contribution in [-0.4, -0.2) is 36.3 Å². The molecule has 0 saturated carbocycles. The third kappa shape index (κ3) is 4.47. The van der Waals surface area contributed by atoms with Crippen molar-refractivity contribution in [2.75, 3.05) is 19.8 Å². The molecular formula is C14H19Cl3N2O3. The molecule has 0 spiro atoms. The van der Waals surface area contributed by atoms with E-state index in [2.05, 4.69) is 5.32 Å². The zero-order valence-corrected chi connectivity index (χ0v) is 14.2. The molecule has 1 aliphatic heterocycles. The standard InChI is InChI=1S/C14H18Cl2N2O3.ClH/c15-9-2-1-3-10(16)12(9)11(19)8-18-13(20)14(17)4-6-21-7-5-14;/h1-3,11,19H,4-8,17H2,(H,18,20);1H. The van der Waals surface area contributed by atoms with Gasteiger partial charge in [0.25, 0.3) is 0 Å². The third-order valence-corrected chi connectivity index (χ3v) is 4.29. The predicted molar refractivity (Wildman–Crippen MR) is 88.7 cm³/mol. The van der Waals surface area contributed by atoms with E-state index in [1.807, 2.05) is 0 Å². The van der Waals surface area contributed by atoms with Gasteiger partial charge in [0.2, 0.25) is 5.91 Å². The monoisotopic (exact) mass is 368 g/mol. The van der Waals surface area contributed by atoms with Crippen LogP contribution in [-0.2, 0) is 9.53 Å². The molecule has 0 aromatic heterocycles. The second-order valence-corrected chi connectivity index (χ2v) is 5.94. The zero-order valence-electron chi connectivity index (χ0n) is 11.9. The minimum Gasteiger partial charge on any atom is -0.386 e. The van der Waals surface area contributed by atoms with Crippen molar-refractivity contribution in [3.8, 4) is 0 Å². The number of ether oxygens (including phenoxy) is 1. The predicted octanol–water partition coefficient (Wildman–Crippen LogP) is 2.07. The lowest BCUT2D eigenvalue weighted by atomic mass is 9.90.